The molecule has 0 aromatic heterocycles. The van der Waals surface area contributed by atoms with Crippen molar-refractivity contribution in [3.05, 3.63) is 0 Å². The van der Waals surface area contributed by atoms with E-state index in [2.05, 4.69) is 4.52 Å². The molecule has 0 aromatic carbocycles. The molecule has 1 saturated carbocycles. The molecule has 0 radical (unpaired) electrons. The first-order valence-corrected chi connectivity index (χ1v) is 6.72. The summed E-state index contributed by atoms with van der Waals surface area (Å²) >= 11 is 0. The number of halogens is 3. The molecule has 90 valence electrons. The average molecular weight is 244 g/mol. The van der Waals surface area contributed by atoms with Gasteiger partial charge in [0.25, 0.3) is 0 Å². The first-order valence-electron chi connectivity index (χ1n) is 5.20. The van der Waals surface area contributed by atoms with E-state index in [-0.39, 0.29) is 0 Å². The Kier molecular flexibility index (Phi) is 5.13. The van der Waals surface area contributed by atoms with Gasteiger partial charge in [0.2, 0.25) is 0 Å². The molecular weight excluding hydrogens is 228 g/mol. The molecule has 2 nitrogen and oxygen atoms in total. The van der Waals surface area contributed by atoms with Crippen LogP contribution in [0, 0.1) is 5.92 Å². The van der Waals surface area contributed by atoms with Crippen molar-refractivity contribution in [2.45, 2.75) is 38.3 Å². The van der Waals surface area contributed by atoms with Crippen LogP contribution in [0.5, 0.6) is 0 Å². The molecule has 0 bridgehead atoms. The Morgan fingerprint density at radius 2 is 1.80 bits per heavy atom. The van der Waals surface area contributed by atoms with E-state index in [1.807, 2.05) is 0 Å². The van der Waals surface area contributed by atoms with E-state index in [4.69, 9.17) is 0 Å². The second kappa shape index (κ2) is 5.90. The normalized spacial score (nSPS) is 21.5. The number of alkyl halides is 3. The van der Waals surface area contributed by atoms with Crippen LogP contribution in [0.1, 0.15) is 32.1 Å². The zero-order valence-electron chi connectivity index (χ0n) is 8.48. The molecule has 0 saturated heterocycles. The largest absolute Gasteiger partial charge is 0.412 e. The van der Waals surface area contributed by atoms with Crippen molar-refractivity contribution in [3.8, 4) is 0 Å². The third-order valence-corrected chi connectivity index (χ3v) is 3.95. The SMILES string of the molecule is O=[PH](CC1CCCCC1)OCC(F)(F)F. The molecule has 0 aromatic rings. The van der Waals surface area contributed by atoms with Gasteiger partial charge in [-0.3, -0.25) is 4.57 Å². The van der Waals surface area contributed by atoms with Gasteiger partial charge in [0, 0.05) is 6.16 Å². The Hall–Kier alpha value is -0.0200. The van der Waals surface area contributed by atoms with Gasteiger partial charge in [-0.2, -0.15) is 13.2 Å². The van der Waals surface area contributed by atoms with Crippen LogP contribution < -0.4 is 0 Å². The van der Waals surface area contributed by atoms with E-state index in [1.54, 1.807) is 0 Å². The Labute approximate surface area is 88.1 Å². The van der Waals surface area contributed by atoms with Crippen molar-refractivity contribution >= 4 is 8.03 Å². The Bertz CT molecular complexity index is 212. The molecular formula is C9H16F3O2P. The second-order valence-electron chi connectivity index (χ2n) is 3.98. The summed E-state index contributed by atoms with van der Waals surface area (Å²) in [5.74, 6) is 0.304. The topological polar surface area (TPSA) is 26.3 Å². The second-order valence-corrected chi connectivity index (χ2v) is 5.42. The van der Waals surface area contributed by atoms with Crippen LogP contribution in [0.3, 0.4) is 0 Å². The van der Waals surface area contributed by atoms with E-state index < -0.39 is 20.8 Å². The van der Waals surface area contributed by atoms with E-state index in [0.29, 0.717) is 12.1 Å². The van der Waals surface area contributed by atoms with Crippen LogP contribution in [0.15, 0.2) is 0 Å². The van der Waals surface area contributed by atoms with Crippen LogP contribution in [0.4, 0.5) is 13.2 Å². The van der Waals surface area contributed by atoms with Gasteiger partial charge in [-0.05, 0) is 18.8 Å². The molecule has 1 atom stereocenters. The van der Waals surface area contributed by atoms with Crippen LogP contribution in [-0.2, 0) is 9.09 Å². The Morgan fingerprint density at radius 1 is 1.20 bits per heavy atom. The van der Waals surface area contributed by atoms with Gasteiger partial charge in [0.15, 0.2) is 8.03 Å². The summed E-state index contributed by atoms with van der Waals surface area (Å²) in [4.78, 5) is 0. The van der Waals surface area contributed by atoms with Crippen molar-refractivity contribution < 1.29 is 22.3 Å². The number of hydrogen-bond acceptors (Lipinski definition) is 2. The molecule has 1 aliphatic rings. The molecule has 0 heterocycles. The van der Waals surface area contributed by atoms with Crippen molar-refractivity contribution in [1.82, 2.24) is 0 Å². The maximum absolute atomic E-state index is 11.7. The van der Waals surface area contributed by atoms with Gasteiger partial charge < -0.3 is 4.52 Å². The predicted octanol–water partition coefficient (Wildman–Crippen LogP) is 3.62. The van der Waals surface area contributed by atoms with E-state index in [9.17, 15) is 17.7 Å². The maximum Gasteiger partial charge on any atom is 0.412 e. The molecule has 0 amide bonds. The summed E-state index contributed by atoms with van der Waals surface area (Å²) in [5, 5.41) is 0. The van der Waals surface area contributed by atoms with Crippen molar-refractivity contribution in [3.63, 3.8) is 0 Å². The molecule has 1 unspecified atom stereocenters. The molecule has 1 aliphatic carbocycles. The van der Waals surface area contributed by atoms with Crippen molar-refractivity contribution in [2.75, 3.05) is 12.8 Å². The molecule has 0 aliphatic heterocycles. The van der Waals surface area contributed by atoms with Crippen LogP contribution in [0.25, 0.3) is 0 Å². The zero-order chi connectivity index (χ0) is 11.3. The van der Waals surface area contributed by atoms with Crippen LogP contribution in [-0.4, -0.2) is 18.9 Å². The lowest BCUT2D eigenvalue weighted by molar-refractivity contribution is -0.152. The van der Waals surface area contributed by atoms with E-state index in [0.717, 1.165) is 25.7 Å². The standard InChI is InChI=1S/C9H16F3O2P/c10-9(11,12)7-14-15(13)6-8-4-2-1-3-5-8/h8,15H,1-7H2. The highest BCUT2D eigenvalue weighted by molar-refractivity contribution is 7.39. The van der Waals surface area contributed by atoms with Crippen molar-refractivity contribution in [1.29, 1.82) is 0 Å². The molecule has 6 heteroatoms. The third kappa shape index (κ3) is 6.21. The summed E-state index contributed by atoms with van der Waals surface area (Å²) < 4.78 is 50.8. The fourth-order valence-corrected chi connectivity index (χ4v) is 3.17. The number of hydrogen-bond donors (Lipinski definition) is 0. The minimum Gasteiger partial charge on any atom is -0.321 e. The highest BCUT2D eigenvalue weighted by Gasteiger charge is 2.29. The fraction of sp³-hybridized carbons (Fsp3) is 1.00. The summed E-state index contributed by atoms with van der Waals surface area (Å²) in [6, 6.07) is 0. The van der Waals surface area contributed by atoms with Gasteiger partial charge in [-0.1, -0.05) is 19.3 Å². The Balaban J connectivity index is 2.17. The summed E-state index contributed by atoms with van der Waals surface area (Å²) in [6.45, 7) is -1.38. The lowest BCUT2D eigenvalue weighted by atomic mass is 9.91. The maximum atomic E-state index is 11.7. The van der Waals surface area contributed by atoms with Gasteiger partial charge in [0.1, 0.15) is 6.61 Å². The quantitative estimate of drug-likeness (QED) is 0.706. The molecule has 15 heavy (non-hydrogen) atoms. The highest BCUT2D eigenvalue weighted by atomic mass is 31.1. The van der Waals surface area contributed by atoms with Gasteiger partial charge in [-0.15, -0.1) is 0 Å². The fourth-order valence-electron chi connectivity index (χ4n) is 1.85. The Morgan fingerprint density at radius 3 is 2.33 bits per heavy atom. The third-order valence-electron chi connectivity index (χ3n) is 2.58. The minimum atomic E-state index is -4.37. The first kappa shape index (κ1) is 13.0. The van der Waals surface area contributed by atoms with Crippen LogP contribution >= 0.6 is 8.03 Å². The van der Waals surface area contributed by atoms with E-state index in [1.165, 1.54) is 6.42 Å². The lowest BCUT2D eigenvalue weighted by Gasteiger charge is -2.21. The first-order chi connectivity index (χ1) is 6.97. The van der Waals surface area contributed by atoms with Gasteiger partial charge >= 0.3 is 6.18 Å². The molecule has 1 fully saturated rings. The van der Waals surface area contributed by atoms with Crippen LogP contribution in [0.2, 0.25) is 0 Å². The van der Waals surface area contributed by atoms with E-state index >= 15 is 0 Å². The summed E-state index contributed by atoms with van der Waals surface area (Å²) in [5.41, 5.74) is 0. The van der Waals surface area contributed by atoms with Gasteiger partial charge in [-0.25, -0.2) is 0 Å². The van der Waals surface area contributed by atoms with Gasteiger partial charge in [0.05, 0.1) is 0 Å². The van der Waals surface area contributed by atoms with Crippen molar-refractivity contribution in [2.24, 2.45) is 5.92 Å². The molecule has 1 rings (SSSR count). The molecule has 0 spiro atoms. The lowest BCUT2D eigenvalue weighted by Crippen LogP contribution is -2.16. The number of rotatable bonds is 4. The highest BCUT2D eigenvalue weighted by Crippen LogP contribution is 2.34. The summed E-state index contributed by atoms with van der Waals surface area (Å²) in [6.07, 6.45) is 1.28. The molecule has 0 N–H and O–H groups in total. The zero-order valence-corrected chi connectivity index (χ0v) is 9.48. The minimum absolute atomic E-state index is 0.304. The smallest absolute Gasteiger partial charge is 0.321 e. The average Bonchev–Trinajstić information content (AvgIpc) is 2.15. The summed E-state index contributed by atoms with van der Waals surface area (Å²) in [7, 11) is -2.49. The monoisotopic (exact) mass is 244 g/mol. The predicted molar refractivity (Wildman–Crippen MR) is 52.5 cm³/mol.